The normalized spacial score (nSPS) is 10.4. The van der Waals surface area contributed by atoms with E-state index in [1.165, 1.54) is 28.3 Å². The molecular weight excluding hydrogens is 372 g/mol. The van der Waals surface area contributed by atoms with Crippen molar-refractivity contribution in [3.8, 4) is 0 Å². The van der Waals surface area contributed by atoms with Crippen LogP contribution in [0.1, 0.15) is 21.6 Å². The molecule has 1 N–H and O–H groups in total. The Morgan fingerprint density at radius 2 is 1.71 bits per heavy atom. The maximum atomic E-state index is 12.0. The first-order valence-electron chi connectivity index (χ1n) is 8.74. The summed E-state index contributed by atoms with van der Waals surface area (Å²) < 4.78 is 4.97. The summed E-state index contributed by atoms with van der Waals surface area (Å²) in [5.41, 5.74) is 3.34. The van der Waals surface area contributed by atoms with Crippen molar-refractivity contribution in [2.45, 2.75) is 23.6 Å². The van der Waals surface area contributed by atoms with Gasteiger partial charge in [0.25, 0.3) is 5.91 Å². The maximum absolute atomic E-state index is 12.0. The molecule has 1 amide bonds. The zero-order chi connectivity index (χ0) is 19.9. The highest BCUT2D eigenvalue weighted by molar-refractivity contribution is 7.99. The van der Waals surface area contributed by atoms with Crippen molar-refractivity contribution in [2.75, 3.05) is 11.9 Å². The van der Waals surface area contributed by atoms with Crippen molar-refractivity contribution in [1.82, 2.24) is 4.98 Å². The lowest BCUT2D eigenvalue weighted by Gasteiger charge is -2.08. The van der Waals surface area contributed by atoms with E-state index >= 15 is 0 Å². The molecule has 1 aromatic heterocycles. The molecule has 0 radical (unpaired) electrons. The van der Waals surface area contributed by atoms with E-state index in [2.05, 4.69) is 42.3 Å². The molecule has 0 saturated heterocycles. The van der Waals surface area contributed by atoms with Gasteiger partial charge in [0, 0.05) is 21.7 Å². The molecule has 0 aliphatic rings. The van der Waals surface area contributed by atoms with Crippen molar-refractivity contribution in [1.29, 1.82) is 0 Å². The number of hydrogen-bond donors (Lipinski definition) is 1. The number of carbonyl (C=O) groups excluding carboxylic acids is 2. The van der Waals surface area contributed by atoms with Crippen LogP contribution in [0.5, 0.6) is 0 Å². The van der Waals surface area contributed by atoms with Crippen LogP contribution in [0, 0.1) is 13.8 Å². The lowest BCUT2D eigenvalue weighted by molar-refractivity contribution is -0.119. The molecule has 0 bridgehead atoms. The van der Waals surface area contributed by atoms with E-state index in [0.29, 0.717) is 5.69 Å². The minimum absolute atomic E-state index is 0.169. The summed E-state index contributed by atoms with van der Waals surface area (Å²) in [6, 6.07) is 18.8. The van der Waals surface area contributed by atoms with Crippen molar-refractivity contribution in [3.63, 3.8) is 0 Å². The van der Waals surface area contributed by atoms with Gasteiger partial charge in [0.1, 0.15) is 5.69 Å². The number of amides is 1. The van der Waals surface area contributed by atoms with Gasteiger partial charge in [-0.25, -0.2) is 9.78 Å². The standard InChI is InChI=1S/C22H20N2O3S/c1-15-6-9-19(13-16(15)2)28-18-10-7-17(8-11-18)24-21(25)14-27-22(26)20-5-3-4-12-23-20/h3-13H,14H2,1-2H3,(H,24,25). The zero-order valence-corrected chi connectivity index (χ0v) is 16.5. The fourth-order valence-corrected chi connectivity index (χ4v) is 3.32. The average Bonchev–Trinajstić information content (AvgIpc) is 2.71. The van der Waals surface area contributed by atoms with E-state index in [1.54, 1.807) is 23.9 Å². The third-order valence-electron chi connectivity index (χ3n) is 4.06. The number of esters is 1. The first-order chi connectivity index (χ1) is 13.5. The Morgan fingerprint density at radius 3 is 2.39 bits per heavy atom. The maximum Gasteiger partial charge on any atom is 0.357 e. The Morgan fingerprint density at radius 1 is 0.964 bits per heavy atom. The highest BCUT2D eigenvalue weighted by atomic mass is 32.2. The molecule has 1 heterocycles. The predicted molar refractivity (Wildman–Crippen MR) is 110 cm³/mol. The molecule has 2 aromatic carbocycles. The number of nitrogens with zero attached hydrogens (tertiary/aromatic N) is 1. The summed E-state index contributed by atoms with van der Waals surface area (Å²) in [7, 11) is 0. The summed E-state index contributed by atoms with van der Waals surface area (Å²) in [5, 5.41) is 2.71. The number of anilines is 1. The molecule has 0 aliphatic carbocycles. The number of nitrogens with one attached hydrogen (secondary N) is 1. The summed E-state index contributed by atoms with van der Waals surface area (Å²) in [6.07, 6.45) is 1.49. The van der Waals surface area contributed by atoms with Crippen molar-refractivity contribution >= 4 is 29.3 Å². The van der Waals surface area contributed by atoms with Crippen LogP contribution in [-0.2, 0) is 9.53 Å². The van der Waals surface area contributed by atoms with Gasteiger partial charge in [0.2, 0.25) is 0 Å². The minimum atomic E-state index is -0.629. The van der Waals surface area contributed by atoms with Crippen LogP contribution < -0.4 is 5.32 Å². The second-order valence-corrected chi connectivity index (χ2v) is 7.36. The lowest BCUT2D eigenvalue weighted by atomic mass is 10.1. The number of carbonyl (C=O) groups is 2. The van der Waals surface area contributed by atoms with E-state index < -0.39 is 11.9 Å². The first kappa shape index (κ1) is 19.6. The van der Waals surface area contributed by atoms with Gasteiger partial charge in [-0.1, -0.05) is 23.9 Å². The number of aryl methyl sites for hydroxylation is 2. The smallest absolute Gasteiger partial charge is 0.357 e. The molecule has 0 saturated carbocycles. The third-order valence-corrected chi connectivity index (χ3v) is 5.06. The molecule has 3 aromatic rings. The molecule has 142 valence electrons. The monoisotopic (exact) mass is 392 g/mol. The number of aromatic nitrogens is 1. The fraction of sp³-hybridized carbons (Fsp3) is 0.136. The van der Waals surface area contributed by atoms with Gasteiger partial charge in [0.15, 0.2) is 6.61 Å². The van der Waals surface area contributed by atoms with Crippen LogP contribution in [0.15, 0.2) is 76.7 Å². The van der Waals surface area contributed by atoms with Gasteiger partial charge in [-0.2, -0.15) is 0 Å². The Kier molecular flexibility index (Phi) is 6.45. The number of benzene rings is 2. The highest BCUT2D eigenvalue weighted by Crippen LogP contribution is 2.29. The summed E-state index contributed by atoms with van der Waals surface area (Å²) >= 11 is 1.66. The molecule has 5 nitrogen and oxygen atoms in total. The molecule has 0 atom stereocenters. The van der Waals surface area contributed by atoms with Crippen molar-refractivity contribution in [2.24, 2.45) is 0 Å². The number of pyridine rings is 1. The molecule has 6 heteroatoms. The van der Waals surface area contributed by atoms with Gasteiger partial charge in [0.05, 0.1) is 0 Å². The Labute approximate surface area is 168 Å². The lowest BCUT2D eigenvalue weighted by Crippen LogP contribution is -2.21. The number of rotatable bonds is 6. The van der Waals surface area contributed by atoms with Gasteiger partial charge < -0.3 is 10.1 Å². The summed E-state index contributed by atoms with van der Waals surface area (Å²) in [5.74, 6) is -1.03. The van der Waals surface area contributed by atoms with Crippen molar-refractivity contribution in [3.05, 3.63) is 83.7 Å². The Bertz CT molecular complexity index is 973. The Balaban J connectivity index is 1.51. The summed E-state index contributed by atoms with van der Waals surface area (Å²) in [4.78, 5) is 29.9. The van der Waals surface area contributed by atoms with E-state index in [9.17, 15) is 9.59 Å². The van der Waals surface area contributed by atoms with Crippen molar-refractivity contribution < 1.29 is 14.3 Å². The van der Waals surface area contributed by atoms with E-state index in [0.717, 1.165) is 4.90 Å². The van der Waals surface area contributed by atoms with Crippen LogP contribution in [0.25, 0.3) is 0 Å². The van der Waals surface area contributed by atoms with Gasteiger partial charge in [-0.3, -0.25) is 4.79 Å². The third kappa shape index (κ3) is 5.44. The second-order valence-electron chi connectivity index (χ2n) is 6.21. The number of ether oxygens (including phenoxy) is 1. The van der Waals surface area contributed by atoms with Crippen LogP contribution in [-0.4, -0.2) is 23.5 Å². The van der Waals surface area contributed by atoms with Crippen LogP contribution in [0.2, 0.25) is 0 Å². The minimum Gasteiger partial charge on any atom is -0.451 e. The SMILES string of the molecule is Cc1ccc(Sc2ccc(NC(=O)COC(=O)c3ccccn3)cc2)cc1C. The molecule has 28 heavy (non-hydrogen) atoms. The van der Waals surface area contributed by atoms with Crippen LogP contribution in [0.3, 0.4) is 0 Å². The molecule has 0 spiro atoms. The van der Waals surface area contributed by atoms with E-state index in [4.69, 9.17) is 4.74 Å². The van der Waals surface area contributed by atoms with Crippen LogP contribution in [0.4, 0.5) is 5.69 Å². The Hall–Kier alpha value is -3.12. The highest BCUT2D eigenvalue weighted by Gasteiger charge is 2.11. The van der Waals surface area contributed by atoms with Crippen LogP contribution >= 0.6 is 11.8 Å². The molecule has 3 rings (SSSR count). The molecular formula is C22H20N2O3S. The number of hydrogen-bond acceptors (Lipinski definition) is 5. The van der Waals surface area contributed by atoms with Gasteiger partial charge in [-0.15, -0.1) is 0 Å². The fourth-order valence-electron chi connectivity index (χ4n) is 2.41. The topological polar surface area (TPSA) is 68.3 Å². The molecule has 0 fully saturated rings. The van der Waals surface area contributed by atoms with E-state index in [1.807, 2.05) is 24.3 Å². The second kappa shape index (κ2) is 9.19. The van der Waals surface area contributed by atoms with Gasteiger partial charge in [-0.05, 0) is 73.5 Å². The predicted octanol–water partition coefficient (Wildman–Crippen LogP) is 4.65. The average molecular weight is 392 g/mol. The largest absolute Gasteiger partial charge is 0.451 e. The molecule has 0 unspecified atom stereocenters. The van der Waals surface area contributed by atoms with Gasteiger partial charge >= 0.3 is 5.97 Å². The first-order valence-corrected chi connectivity index (χ1v) is 9.56. The summed E-state index contributed by atoms with van der Waals surface area (Å²) in [6.45, 7) is 3.82. The zero-order valence-electron chi connectivity index (χ0n) is 15.6. The quantitative estimate of drug-likeness (QED) is 0.619. The van der Waals surface area contributed by atoms with E-state index in [-0.39, 0.29) is 12.3 Å². The molecule has 0 aliphatic heterocycles.